The van der Waals surface area contributed by atoms with Gasteiger partial charge in [0.1, 0.15) is 6.79 Å². The monoisotopic (exact) mass is 272 g/mol. The molecule has 0 bridgehead atoms. The Balaban J connectivity index is 2.11. The fourth-order valence-corrected chi connectivity index (χ4v) is 2.64. The van der Waals surface area contributed by atoms with Crippen LogP contribution in [-0.2, 0) is 14.2 Å². The highest BCUT2D eigenvalue weighted by Gasteiger charge is 2.09. The van der Waals surface area contributed by atoms with Crippen LogP contribution in [0, 0.1) is 0 Å². The van der Waals surface area contributed by atoms with E-state index in [2.05, 4.69) is 0 Å². The van der Waals surface area contributed by atoms with Gasteiger partial charge in [-0.3, -0.25) is 0 Å². The van der Waals surface area contributed by atoms with Crippen molar-refractivity contribution in [3.05, 3.63) is 0 Å². The Labute approximate surface area is 119 Å². The van der Waals surface area contributed by atoms with Crippen LogP contribution in [0.25, 0.3) is 0 Å². The maximum absolute atomic E-state index is 5.86. The Morgan fingerprint density at radius 1 is 0.737 bits per heavy atom. The lowest BCUT2D eigenvalue weighted by Crippen LogP contribution is -2.16. The van der Waals surface area contributed by atoms with E-state index in [0.29, 0.717) is 26.1 Å². The minimum atomic E-state index is 0.405. The maximum Gasteiger partial charge on any atom is 0.147 e. The van der Waals surface area contributed by atoms with Crippen LogP contribution < -0.4 is 0 Å². The lowest BCUT2D eigenvalue weighted by Gasteiger charge is -2.18. The maximum atomic E-state index is 5.86. The van der Waals surface area contributed by atoms with Crippen LogP contribution in [0.4, 0.5) is 0 Å². The summed E-state index contributed by atoms with van der Waals surface area (Å²) >= 11 is 0. The van der Waals surface area contributed by atoms with Crippen molar-refractivity contribution in [1.82, 2.24) is 0 Å². The second-order valence-corrected chi connectivity index (χ2v) is 5.57. The van der Waals surface area contributed by atoms with Gasteiger partial charge in [-0.25, -0.2) is 0 Å². The summed E-state index contributed by atoms with van der Waals surface area (Å²) in [5.41, 5.74) is 0. The normalized spacial score (nSPS) is 20.7. The summed E-state index contributed by atoms with van der Waals surface area (Å²) in [5.74, 6) is 0. The molecule has 0 atom stereocenters. The number of ether oxygens (including phenoxy) is 3. The molecule has 0 saturated heterocycles. The van der Waals surface area contributed by atoms with Crippen molar-refractivity contribution < 1.29 is 14.2 Å². The average molecular weight is 272 g/mol. The van der Waals surface area contributed by atoms with E-state index in [0.717, 1.165) is 0 Å². The van der Waals surface area contributed by atoms with Crippen LogP contribution in [0.3, 0.4) is 0 Å². The van der Waals surface area contributed by atoms with Crippen molar-refractivity contribution in [3.8, 4) is 0 Å². The molecule has 1 aliphatic carbocycles. The molecule has 0 heterocycles. The van der Waals surface area contributed by atoms with Crippen LogP contribution >= 0.6 is 0 Å². The van der Waals surface area contributed by atoms with E-state index >= 15 is 0 Å². The minimum Gasteiger partial charge on any atom is -0.382 e. The summed E-state index contributed by atoms with van der Waals surface area (Å²) in [6.07, 6.45) is 15.2. The first kappa shape index (κ1) is 16.9. The third kappa shape index (κ3) is 10.3. The molecule has 0 aromatic heterocycles. The topological polar surface area (TPSA) is 27.7 Å². The predicted octanol–water partition coefficient (Wildman–Crippen LogP) is 4.30. The van der Waals surface area contributed by atoms with E-state index < -0.39 is 0 Å². The highest BCUT2D eigenvalue weighted by atomic mass is 16.7. The van der Waals surface area contributed by atoms with Crippen LogP contribution in [0.2, 0.25) is 0 Å². The molecule has 0 radical (unpaired) electrons. The van der Waals surface area contributed by atoms with E-state index in [-0.39, 0.29) is 0 Å². The van der Waals surface area contributed by atoms with Gasteiger partial charge in [0, 0.05) is 7.11 Å². The molecule has 0 aromatic carbocycles. The molecule has 1 fully saturated rings. The lowest BCUT2D eigenvalue weighted by atomic mass is 9.99. The molecular formula is C16H32O3. The largest absolute Gasteiger partial charge is 0.382 e. The molecule has 0 aromatic rings. The summed E-state index contributed by atoms with van der Waals surface area (Å²) in [6, 6.07) is 0. The first-order valence-corrected chi connectivity index (χ1v) is 8.12. The van der Waals surface area contributed by atoms with Gasteiger partial charge in [0.05, 0.1) is 19.3 Å². The molecule has 114 valence electrons. The zero-order valence-corrected chi connectivity index (χ0v) is 12.7. The van der Waals surface area contributed by atoms with Crippen molar-refractivity contribution in [2.24, 2.45) is 0 Å². The predicted molar refractivity (Wildman–Crippen MR) is 78.4 cm³/mol. The number of methoxy groups -OCH3 is 1. The fourth-order valence-electron chi connectivity index (χ4n) is 2.64. The van der Waals surface area contributed by atoms with Gasteiger partial charge in [-0.05, 0) is 12.8 Å². The SMILES string of the molecule is COCCOCOC1CCCCCCCCCCC1. The Morgan fingerprint density at radius 2 is 1.26 bits per heavy atom. The quantitative estimate of drug-likeness (QED) is 0.533. The smallest absolute Gasteiger partial charge is 0.147 e. The Hall–Kier alpha value is -0.120. The van der Waals surface area contributed by atoms with Gasteiger partial charge in [0.2, 0.25) is 0 Å². The van der Waals surface area contributed by atoms with Crippen LogP contribution in [-0.4, -0.2) is 33.2 Å². The molecule has 1 aliphatic rings. The van der Waals surface area contributed by atoms with Gasteiger partial charge < -0.3 is 14.2 Å². The van der Waals surface area contributed by atoms with E-state index in [1.54, 1.807) is 7.11 Å². The Morgan fingerprint density at radius 3 is 1.79 bits per heavy atom. The Bertz CT molecular complexity index is 173. The van der Waals surface area contributed by atoms with Crippen LogP contribution in [0.5, 0.6) is 0 Å². The zero-order chi connectivity index (χ0) is 13.6. The third-order valence-corrected chi connectivity index (χ3v) is 3.87. The summed E-state index contributed by atoms with van der Waals surface area (Å²) in [5, 5.41) is 0. The second-order valence-electron chi connectivity index (χ2n) is 5.57. The Kier molecular flexibility index (Phi) is 11.5. The number of hydrogen-bond acceptors (Lipinski definition) is 3. The molecule has 0 N–H and O–H groups in total. The summed E-state index contributed by atoms with van der Waals surface area (Å²) in [6.45, 7) is 1.70. The molecule has 1 rings (SSSR count). The van der Waals surface area contributed by atoms with E-state index in [9.17, 15) is 0 Å². The highest BCUT2D eigenvalue weighted by molar-refractivity contribution is 4.60. The second kappa shape index (κ2) is 12.9. The van der Waals surface area contributed by atoms with Gasteiger partial charge in [-0.2, -0.15) is 0 Å². The minimum absolute atomic E-state index is 0.405. The number of rotatable bonds is 6. The van der Waals surface area contributed by atoms with E-state index in [1.807, 2.05) is 0 Å². The molecule has 3 nitrogen and oxygen atoms in total. The summed E-state index contributed by atoms with van der Waals surface area (Å²) in [7, 11) is 1.69. The van der Waals surface area contributed by atoms with Crippen LogP contribution in [0.1, 0.15) is 70.6 Å². The first-order valence-electron chi connectivity index (χ1n) is 8.12. The van der Waals surface area contributed by atoms with Gasteiger partial charge in [-0.15, -0.1) is 0 Å². The molecule has 0 amide bonds. The lowest BCUT2D eigenvalue weighted by molar-refractivity contribution is -0.102. The molecule has 19 heavy (non-hydrogen) atoms. The van der Waals surface area contributed by atoms with Gasteiger partial charge in [-0.1, -0.05) is 57.8 Å². The standard InChI is InChI=1S/C16H32O3/c1-17-13-14-18-15-19-16-11-9-7-5-3-2-4-6-8-10-12-16/h16H,2-15H2,1H3. The summed E-state index contributed by atoms with van der Waals surface area (Å²) < 4.78 is 16.2. The zero-order valence-electron chi connectivity index (χ0n) is 12.7. The molecule has 0 unspecified atom stereocenters. The highest BCUT2D eigenvalue weighted by Crippen LogP contribution is 2.18. The summed E-state index contributed by atoms with van der Waals surface area (Å²) in [4.78, 5) is 0. The average Bonchev–Trinajstić information content (AvgIpc) is 2.41. The third-order valence-electron chi connectivity index (χ3n) is 3.87. The van der Waals surface area contributed by atoms with E-state index in [4.69, 9.17) is 14.2 Å². The van der Waals surface area contributed by atoms with Crippen molar-refractivity contribution >= 4 is 0 Å². The first-order chi connectivity index (χ1) is 9.43. The molecular weight excluding hydrogens is 240 g/mol. The van der Waals surface area contributed by atoms with Crippen LogP contribution in [0.15, 0.2) is 0 Å². The fraction of sp³-hybridized carbons (Fsp3) is 1.00. The van der Waals surface area contributed by atoms with Crippen molar-refractivity contribution in [2.45, 2.75) is 76.7 Å². The van der Waals surface area contributed by atoms with Gasteiger partial charge >= 0.3 is 0 Å². The molecule has 3 heteroatoms. The van der Waals surface area contributed by atoms with Gasteiger partial charge in [0.25, 0.3) is 0 Å². The molecule has 1 saturated carbocycles. The van der Waals surface area contributed by atoms with Crippen molar-refractivity contribution in [1.29, 1.82) is 0 Å². The molecule has 0 spiro atoms. The van der Waals surface area contributed by atoms with Gasteiger partial charge in [0.15, 0.2) is 0 Å². The molecule has 0 aliphatic heterocycles. The number of hydrogen-bond donors (Lipinski definition) is 0. The van der Waals surface area contributed by atoms with E-state index in [1.165, 1.54) is 70.6 Å². The van der Waals surface area contributed by atoms with Crippen molar-refractivity contribution in [3.63, 3.8) is 0 Å². The van der Waals surface area contributed by atoms with Crippen molar-refractivity contribution in [2.75, 3.05) is 27.1 Å².